The highest BCUT2D eigenvalue weighted by atomic mass is 32.2. The summed E-state index contributed by atoms with van der Waals surface area (Å²) in [7, 11) is -3.64. The van der Waals surface area contributed by atoms with Crippen LogP contribution in [0.15, 0.2) is 52.9 Å². The first-order chi connectivity index (χ1) is 13.2. The predicted molar refractivity (Wildman–Crippen MR) is 109 cm³/mol. The zero-order valence-electron chi connectivity index (χ0n) is 16.2. The van der Waals surface area contributed by atoms with Gasteiger partial charge >= 0.3 is 0 Å². The second-order valence-corrected chi connectivity index (χ2v) is 9.13. The van der Waals surface area contributed by atoms with Gasteiger partial charge in [0.1, 0.15) is 11.5 Å². The summed E-state index contributed by atoms with van der Waals surface area (Å²) in [6.45, 7) is 5.57. The van der Waals surface area contributed by atoms with Gasteiger partial charge in [0.15, 0.2) is 15.6 Å². The number of hydrogen-bond acceptors (Lipinski definition) is 5. The minimum Gasteiger partial charge on any atom is -0.441 e. The Morgan fingerprint density at radius 1 is 1.00 bits per heavy atom. The summed E-state index contributed by atoms with van der Waals surface area (Å²) < 4.78 is 30.7. The van der Waals surface area contributed by atoms with Gasteiger partial charge in [-0.15, -0.1) is 0 Å². The van der Waals surface area contributed by atoms with Crippen LogP contribution in [0.4, 0.5) is 0 Å². The van der Waals surface area contributed by atoms with Crippen molar-refractivity contribution in [2.75, 3.05) is 5.75 Å². The van der Waals surface area contributed by atoms with Gasteiger partial charge < -0.3 is 4.42 Å². The van der Waals surface area contributed by atoms with Crippen LogP contribution < -0.4 is 0 Å². The lowest BCUT2D eigenvalue weighted by Gasteiger charge is -2.05. The summed E-state index contributed by atoms with van der Waals surface area (Å²) >= 11 is 0. The van der Waals surface area contributed by atoms with Crippen molar-refractivity contribution in [2.45, 2.75) is 32.9 Å². The number of rotatable bonds is 7. The van der Waals surface area contributed by atoms with E-state index < -0.39 is 15.6 Å². The maximum absolute atomic E-state index is 12.5. The minimum atomic E-state index is -3.64. The number of ketones is 1. The van der Waals surface area contributed by atoms with Crippen LogP contribution in [0.25, 0.3) is 11.5 Å². The van der Waals surface area contributed by atoms with Crippen LogP contribution in [-0.4, -0.2) is 24.9 Å². The van der Waals surface area contributed by atoms with Gasteiger partial charge in [0.2, 0.25) is 5.89 Å². The molecule has 3 aromatic rings. The normalized spacial score (nSPS) is 11.5. The van der Waals surface area contributed by atoms with E-state index in [1.54, 1.807) is 6.92 Å². The molecule has 28 heavy (non-hydrogen) atoms. The number of aromatic nitrogens is 1. The first-order valence-electron chi connectivity index (χ1n) is 9.03. The molecule has 0 bridgehead atoms. The van der Waals surface area contributed by atoms with Crippen LogP contribution in [0.2, 0.25) is 0 Å². The molecule has 0 atom stereocenters. The average Bonchev–Trinajstić information content (AvgIpc) is 2.97. The van der Waals surface area contributed by atoms with Crippen molar-refractivity contribution in [3.63, 3.8) is 0 Å². The van der Waals surface area contributed by atoms with Crippen LogP contribution in [0.5, 0.6) is 0 Å². The standard InChI is InChI=1S/C22H23NO4S/c1-15-8-10-18(11-9-15)22-23-21(17(3)27-22)14-28(25,26)13-20(24)12-19-7-5-4-6-16(19)2/h4-11H,12-14H2,1-3H3. The topological polar surface area (TPSA) is 77.2 Å². The lowest BCUT2D eigenvalue weighted by Crippen LogP contribution is -2.20. The minimum absolute atomic E-state index is 0.109. The molecule has 0 amide bonds. The quantitative estimate of drug-likeness (QED) is 0.602. The second-order valence-electron chi connectivity index (χ2n) is 7.06. The van der Waals surface area contributed by atoms with Gasteiger partial charge in [-0.1, -0.05) is 42.0 Å². The molecule has 0 N–H and O–H groups in total. The van der Waals surface area contributed by atoms with Crippen molar-refractivity contribution in [3.8, 4) is 11.5 Å². The largest absolute Gasteiger partial charge is 0.441 e. The summed E-state index contributed by atoms with van der Waals surface area (Å²) in [6.07, 6.45) is 0.109. The number of sulfone groups is 1. The van der Waals surface area contributed by atoms with E-state index in [2.05, 4.69) is 4.98 Å². The van der Waals surface area contributed by atoms with Gasteiger partial charge in [0.25, 0.3) is 0 Å². The van der Waals surface area contributed by atoms with Gasteiger partial charge in [-0.2, -0.15) is 0 Å². The zero-order valence-corrected chi connectivity index (χ0v) is 17.0. The number of aryl methyl sites for hydroxylation is 3. The Labute approximate surface area is 165 Å². The van der Waals surface area contributed by atoms with E-state index in [1.165, 1.54) is 0 Å². The molecule has 1 heterocycles. The molecule has 1 aromatic heterocycles. The number of hydrogen-bond donors (Lipinski definition) is 0. The first-order valence-corrected chi connectivity index (χ1v) is 10.9. The predicted octanol–water partition coefficient (Wildman–Crippen LogP) is 3.99. The smallest absolute Gasteiger partial charge is 0.226 e. The summed E-state index contributed by atoms with van der Waals surface area (Å²) in [4.78, 5) is 16.6. The Morgan fingerprint density at radius 2 is 1.68 bits per heavy atom. The van der Waals surface area contributed by atoms with Crippen molar-refractivity contribution in [1.82, 2.24) is 4.98 Å². The molecule has 6 heteroatoms. The molecule has 0 aliphatic heterocycles. The van der Waals surface area contributed by atoms with Crippen LogP contribution in [0, 0.1) is 20.8 Å². The van der Waals surface area contributed by atoms with Crippen LogP contribution >= 0.6 is 0 Å². The van der Waals surface area contributed by atoms with Crippen LogP contribution in [-0.2, 0) is 26.8 Å². The number of carbonyl (C=O) groups is 1. The van der Waals surface area contributed by atoms with Crippen LogP contribution in [0.3, 0.4) is 0 Å². The SMILES string of the molecule is Cc1ccc(-c2nc(CS(=O)(=O)CC(=O)Cc3ccccc3C)c(C)o2)cc1. The lowest BCUT2D eigenvalue weighted by atomic mass is 10.0. The maximum atomic E-state index is 12.5. The zero-order chi connectivity index (χ0) is 20.3. The fourth-order valence-electron chi connectivity index (χ4n) is 2.96. The first kappa shape index (κ1) is 20.0. The van der Waals surface area contributed by atoms with Crippen molar-refractivity contribution >= 4 is 15.6 Å². The van der Waals surface area contributed by atoms with E-state index in [1.807, 2.05) is 62.4 Å². The molecule has 146 valence electrons. The summed E-state index contributed by atoms with van der Waals surface area (Å²) in [5.41, 5.74) is 4.07. The molecule has 0 fully saturated rings. The molecule has 0 unspecified atom stereocenters. The Hall–Kier alpha value is -2.73. The van der Waals surface area contributed by atoms with Gasteiger partial charge in [-0.25, -0.2) is 13.4 Å². The third kappa shape index (κ3) is 4.95. The number of nitrogens with zero attached hydrogens (tertiary/aromatic N) is 1. The number of carbonyl (C=O) groups excluding carboxylic acids is 1. The summed E-state index contributed by atoms with van der Waals surface area (Å²) in [5, 5.41) is 0. The molecule has 2 aromatic carbocycles. The molecular formula is C22H23NO4S. The maximum Gasteiger partial charge on any atom is 0.226 e. The fourth-order valence-corrected chi connectivity index (χ4v) is 4.34. The summed E-state index contributed by atoms with van der Waals surface area (Å²) in [5.74, 6) is -0.310. The third-order valence-corrected chi connectivity index (χ3v) is 6.05. The Balaban J connectivity index is 1.71. The highest BCUT2D eigenvalue weighted by molar-refractivity contribution is 7.91. The molecule has 0 radical (unpaired) electrons. The van der Waals surface area contributed by atoms with Crippen molar-refractivity contribution in [1.29, 1.82) is 0 Å². The Morgan fingerprint density at radius 3 is 2.36 bits per heavy atom. The molecule has 0 aliphatic rings. The van der Waals surface area contributed by atoms with Gasteiger partial charge in [-0.3, -0.25) is 4.79 Å². The van der Waals surface area contributed by atoms with Crippen molar-refractivity contribution in [3.05, 3.63) is 76.7 Å². The summed E-state index contributed by atoms with van der Waals surface area (Å²) in [6, 6.07) is 15.1. The van der Waals surface area contributed by atoms with Gasteiger partial charge in [0.05, 0.1) is 11.4 Å². The molecule has 3 rings (SSSR count). The molecule has 0 saturated heterocycles. The van der Waals surface area contributed by atoms with Crippen molar-refractivity contribution < 1.29 is 17.6 Å². The fraction of sp³-hybridized carbons (Fsp3) is 0.273. The third-order valence-electron chi connectivity index (χ3n) is 4.58. The number of benzene rings is 2. The molecule has 0 spiro atoms. The van der Waals surface area contributed by atoms with Crippen molar-refractivity contribution in [2.24, 2.45) is 0 Å². The van der Waals surface area contributed by atoms with Gasteiger partial charge in [-0.05, 0) is 44.0 Å². The van der Waals surface area contributed by atoms with E-state index in [0.29, 0.717) is 17.3 Å². The van der Waals surface area contributed by atoms with E-state index in [-0.39, 0.29) is 18.0 Å². The average molecular weight is 397 g/mol. The monoisotopic (exact) mass is 397 g/mol. The molecule has 5 nitrogen and oxygen atoms in total. The van der Waals surface area contributed by atoms with Crippen LogP contribution in [0.1, 0.15) is 28.1 Å². The Bertz CT molecular complexity index is 1100. The number of Topliss-reactive ketones (excluding diaryl/α,β-unsaturated/α-hetero) is 1. The lowest BCUT2D eigenvalue weighted by molar-refractivity contribution is -0.116. The van der Waals surface area contributed by atoms with Gasteiger partial charge in [0, 0.05) is 12.0 Å². The van der Waals surface area contributed by atoms with E-state index in [9.17, 15) is 13.2 Å². The Kier molecular flexibility index (Phi) is 5.79. The second kappa shape index (κ2) is 8.10. The highest BCUT2D eigenvalue weighted by Crippen LogP contribution is 2.23. The number of oxazole rings is 1. The molecule has 0 aliphatic carbocycles. The molecule has 0 saturated carbocycles. The van der Waals surface area contributed by atoms with E-state index in [0.717, 1.165) is 22.3 Å². The van der Waals surface area contributed by atoms with E-state index in [4.69, 9.17) is 4.42 Å². The highest BCUT2D eigenvalue weighted by Gasteiger charge is 2.22. The van der Waals surface area contributed by atoms with E-state index >= 15 is 0 Å². The molecular weight excluding hydrogens is 374 g/mol.